The van der Waals surface area contributed by atoms with E-state index in [1.165, 1.54) is 0 Å². The van der Waals surface area contributed by atoms with Crippen molar-refractivity contribution in [3.8, 4) is 11.1 Å². The molecule has 3 nitrogen and oxygen atoms in total. The van der Waals surface area contributed by atoms with Gasteiger partial charge in [0.05, 0.1) is 23.9 Å². The van der Waals surface area contributed by atoms with Gasteiger partial charge < -0.3 is 4.57 Å². The molecule has 0 radical (unpaired) electrons. The predicted octanol–water partition coefficient (Wildman–Crippen LogP) is 5.01. The minimum Gasteiger partial charge on any atom is -0.323 e. The van der Waals surface area contributed by atoms with E-state index in [1.807, 2.05) is 71.3 Å². The maximum absolute atomic E-state index is 12.6. The quantitative estimate of drug-likeness (QED) is 0.486. The van der Waals surface area contributed by atoms with Gasteiger partial charge in [-0.05, 0) is 23.3 Å². The lowest BCUT2D eigenvalue weighted by molar-refractivity contribution is 0.0973. The number of Topliss-reactive ketones (excluding diaryl/α,β-unsaturated/α-hetero) is 1. The van der Waals surface area contributed by atoms with E-state index in [0.717, 1.165) is 22.2 Å². The van der Waals surface area contributed by atoms with Crippen molar-refractivity contribution in [2.24, 2.45) is 0 Å². The largest absolute Gasteiger partial charge is 0.323 e. The number of rotatable bonds is 4. The molecular weight excluding hydrogens is 332 g/mol. The first-order valence-corrected chi connectivity index (χ1v) is 7.90. The number of halogens is 1. The van der Waals surface area contributed by atoms with E-state index in [-0.39, 0.29) is 18.2 Å². The van der Waals surface area contributed by atoms with Crippen molar-refractivity contribution in [2.45, 2.75) is 6.54 Å². The molecule has 1 aromatic heterocycles. The lowest BCUT2D eigenvalue weighted by Crippen LogP contribution is -2.09. The van der Waals surface area contributed by atoms with Crippen LogP contribution in [0.4, 0.5) is 0 Å². The number of imidazole rings is 1. The zero-order valence-electron chi connectivity index (χ0n) is 13.5. The van der Waals surface area contributed by atoms with Crippen LogP contribution in [0.5, 0.6) is 0 Å². The van der Waals surface area contributed by atoms with Crippen LogP contribution in [0.1, 0.15) is 10.4 Å². The Labute approximate surface area is 152 Å². The van der Waals surface area contributed by atoms with Crippen LogP contribution in [0.15, 0.2) is 85.2 Å². The van der Waals surface area contributed by atoms with Crippen LogP contribution in [0.3, 0.4) is 0 Å². The Morgan fingerprint density at radius 2 is 1.44 bits per heavy atom. The first-order valence-electron chi connectivity index (χ1n) is 7.90. The average Bonchev–Trinajstić information content (AvgIpc) is 3.06. The van der Waals surface area contributed by atoms with Crippen LogP contribution in [-0.4, -0.2) is 15.3 Å². The topological polar surface area (TPSA) is 34.9 Å². The molecule has 3 aromatic carbocycles. The van der Waals surface area contributed by atoms with E-state index < -0.39 is 0 Å². The standard InChI is InChI=1S/C21H16N2O.ClH/c24-21(14-23-15-22-19-8-4-5-9-20(19)23)18-12-10-17(11-13-18)16-6-2-1-3-7-16;/h1-13,15H,14H2;1H. The Kier molecular flexibility index (Phi) is 4.96. The molecule has 4 heteroatoms. The third kappa shape index (κ3) is 3.47. The smallest absolute Gasteiger partial charge is 0.182 e. The third-order valence-electron chi connectivity index (χ3n) is 4.16. The summed E-state index contributed by atoms with van der Waals surface area (Å²) in [5, 5.41) is 0. The lowest BCUT2D eigenvalue weighted by Gasteiger charge is -2.06. The second-order valence-electron chi connectivity index (χ2n) is 5.73. The SMILES string of the molecule is Cl.O=C(Cn1cnc2ccccc21)c1ccc(-c2ccccc2)cc1. The van der Waals surface area contributed by atoms with Crippen molar-refractivity contribution in [1.29, 1.82) is 0 Å². The molecule has 25 heavy (non-hydrogen) atoms. The number of benzene rings is 3. The zero-order chi connectivity index (χ0) is 16.4. The number of ketones is 1. The molecule has 4 aromatic rings. The molecule has 124 valence electrons. The van der Waals surface area contributed by atoms with Gasteiger partial charge in [0.2, 0.25) is 0 Å². The minimum absolute atomic E-state index is 0. The predicted molar refractivity (Wildman–Crippen MR) is 103 cm³/mol. The monoisotopic (exact) mass is 348 g/mol. The Bertz CT molecular complexity index is 991. The fourth-order valence-corrected chi connectivity index (χ4v) is 2.86. The average molecular weight is 349 g/mol. The molecule has 0 aliphatic heterocycles. The summed E-state index contributed by atoms with van der Waals surface area (Å²) in [6, 6.07) is 25.8. The molecule has 0 bridgehead atoms. The molecule has 0 aliphatic rings. The number of hydrogen-bond donors (Lipinski definition) is 0. The maximum Gasteiger partial charge on any atom is 0.182 e. The summed E-state index contributed by atoms with van der Waals surface area (Å²) in [5.41, 5.74) is 4.86. The van der Waals surface area contributed by atoms with Crippen molar-refractivity contribution >= 4 is 29.2 Å². The van der Waals surface area contributed by atoms with Gasteiger partial charge >= 0.3 is 0 Å². The number of carbonyl (C=O) groups excluding carboxylic acids is 1. The highest BCUT2D eigenvalue weighted by Crippen LogP contribution is 2.20. The van der Waals surface area contributed by atoms with E-state index in [2.05, 4.69) is 17.1 Å². The van der Waals surface area contributed by atoms with Crippen LogP contribution in [0, 0.1) is 0 Å². The van der Waals surface area contributed by atoms with Gasteiger partial charge in [-0.2, -0.15) is 0 Å². The van der Waals surface area contributed by atoms with Gasteiger partial charge in [-0.15, -0.1) is 12.4 Å². The normalized spacial score (nSPS) is 10.4. The number of aromatic nitrogens is 2. The van der Waals surface area contributed by atoms with Gasteiger partial charge in [0, 0.05) is 5.56 Å². The molecule has 0 atom stereocenters. The highest BCUT2D eigenvalue weighted by atomic mass is 35.5. The molecule has 0 amide bonds. The number of para-hydroxylation sites is 2. The molecule has 0 spiro atoms. The van der Waals surface area contributed by atoms with E-state index in [1.54, 1.807) is 6.33 Å². The summed E-state index contributed by atoms with van der Waals surface area (Å²) >= 11 is 0. The summed E-state index contributed by atoms with van der Waals surface area (Å²) in [7, 11) is 0. The molecule has 0 aliphatic carbocycles. The van der Waals surface area contributed by atoms with Crippen LogP contribution in [-0.2, 0) is 6.54 Å². The second-order valence-corrected chi connectivity index (χ2v) is 5.73. The van der Waals surface area contributed by atoms with Gasteiger partial charge in [0.1, 0.15) is 0 Å². The van der Waals surface area contributed by atoms with Gasteiger partial charge in [0.25, 0.3) is 0 Å². The minimum atomic E-state index is 0. The number of nitrogens with zero attached hydrogens (tertiary/aromatic N) is 2. The molecule has 0 saturated heterocycles. The van der Waals surface area contributed by atoms with E-state index in [0.29, 0.717) is 12.1 Å². The fourth-order valence-electron chi connectivity index (χ4n) is 2.86. The molecule has 0 N–H and O–H groups in total. The Hall–Kier alpha value is -2.91. The number of fused-ring (bicyclic) bond motifs is 1. The Balaban J connectivity index is 0.00000182. The summed E-state index contributed by atoms with van der Waals surface area (Å²) in [6.45, 7) is 0.297. The van der Waals surface area contributed by atoms with Crippen LogP contribution in [0.2, 0.25) is 0 Å². The molecular formula is C21H17ClN2O. The van der Waals surface area contributed by atoms with Crippen LogP contribution < -0.4 is 0 Å². The summed E-state index contributed by atoms with van der Waals surface area (Å²) in [5.74, 6) is 0.0813. The van der Waals surface area contributed by atoms with E-state index in [9.17, 15) is 4.79 Å². The lowest BCUT2D eigenvalue weighted by atomic mass is 10.0. The Morgan fingerprint density at radius 3 is 2.20 bits per heavy atom. The van der Waals surface area contributed by atoms with Gasteiger partial charge in [-0.25, -0.2) is 4.98 Å². The Morgan fingerprint density at radius 1 is 0.800 bits per heavy atom. The zero-order valence-corrected chi connectivity index (χ0v) is 14.3. The van der Waals surface area contributed by atoms with Crippen LogP contribution >= 0.6 is 12.4 Å². The van der Waals surface area contributed by atoms with E-state index >= 15 is 0 Å². The highest BCUT2D eigenvalue weighted by Gasteiger charge is 2.09. The van der Waals surface area contributed by atoms with Gasteiger partial charge in [-0.3, -0.25) is 4.79 Å². The molecule has 0 saturated carbocycles. The number of carbonyl (C=O) groups is 1. The first-order chi connectivity index (χ1) is 11.8. The van der Waals surface area contributed by atoms with Crippen molar-refractivity contribution in [1.82, 2.24) is 9.55 Å². The first kappa shape index (κ1) is 16.9. The summed E-state index contributed by atoms with van der Waals surface area (Å²) in [4.78, 5) is 16.9. The summed E-state index contributed by atoms with van der Waals surface area (Å²) in [6.07, 6.45) is 1.72. The highest BCUT2D eigenvalue weighted by molar-refractivity contribution is 5.97. The maximum atomic E-state index is 12.6. The second kappa shape index (κ2) is 7.32. The number of hydrogen-bond acceptors (Lipinski definition) is 2. The van der Waals surface area contributed by atoms with Crippen molar-refractivity contribution in [3.05, 3.63) is 90.8 Å². The molecule has 0 fully saturated rings. The molecule has 4 rings (SSSR count). The van der Waals surface area contributed by atoms with Gasteiger partial charge in [-0.1, -0.05) is 66.7 Å². The van der Waals surface area contributed by atoms with E-state index in [4.69, 9.17) is 0 Å². The fraction of sp³-hybridized carbons (Fsp3) is 0.0476. The third-order valence-corrected chi connectivity index (χ3v) is 4.16. The van der Waals surface area contributed by atoms with Crippen molar-refractivity contribution in [3.63, 3.8) is 0 Å². The molecule has 1 heterocycles. The van der Waals surface area contributed by atoms with Crippen LogP contribution in [0.25, 0.3) is 22.2 Å². The van der Waals surface area contributed by atoms with Crippen molar-refractivity contribution in [2.75, 3.05) is 0 Å². The molecule has 0 unspecified atom stereocenters. The summed E-state index contributed by atoms with van der Waals surface area (Å²) < 4.78 is 1.89. The van der Waals surface area contributed by atoms with Gasteiger partial charge in [0.15, 0.2) is 5.78 Å². The van der Waals surface area contributed by atoms with Crippen molar-refractivity contribution < 1.29 is 4.79 Å².